The maximum absolute atomic E-state index is 12.7. The van der Waals surface area contributed by atoms with Gasteiger partial charge in [-0.25, -0.2) is 9.78 Å². The SMILES string of the molecule is CCCCc1nc(C(C)O)c(C#N)n1Cc1ccc(-c2ccccc2C(=O)OC(C)(C)C)cc1. The van der Waals surface area contributed by atoms with E-state index in [1.165, 1.54) is 0 Å². The van der Waals surface area contributed by atoms with Gasteiger partial charge in [-0.3, -0.25) is 0 Å². The second-order valence-corrected chi connectivity index (χ2v) is 9.48. The van der Waals surface area contributed by atoms with Gasteiger partial charge in [-0.2, -0.15) is 5.26 Å². The predicted octanol–water partition coefficient (Wildman–Crippen LogP) is 5.82. The van der Waals surface area contributed by atoms with Crippen molar-refractivity contribution in [2.24, 2.45) is 0 Å². The number of carbonyl (C=O) groups excluding carboxylic acids is 1. The molecule has 0 saturated carbocycles. The lowest BCUT2D eigenvalue weighted by atomic mass is 9.98. The summed E-state index contributed by atoms with van der Waals surface area (Å²) in [4.78, 5) is 17.3. The Morgan fingerprint density at radius 2 is 1.85 bits per heavy atom. The lowest BCUT2D eigenvalue weighted by molar-refractivity contribution is 0.00704. The summed E-state index contributed by atoms with van der Waals surface area (Å²) >= 11 is 0. The molecule has 1 atom stereocenters. The van der Waals surface area contributed by atoms with Crippen molar-refractivity contribution in [2.45, 2.75) is 72.1 Å². The van der Waals surface area contributed by atoms with Gasteiger partial charge in [-0.15, -0.1) is 0 Å². The monoisotopic (exact) mass is 459 g/mol. The first-order valence-corrected chi connectivity index (χ1v) is 11.7. The highest BCUT2D eigenvalue weighted by Crippen LogP contribution is 2.27. The number of aliphatic hydroxyl groups is 1. The summed E-state index contributed by atoms with van der Waals surface area (Å²) < 4.78 is 7.48. The summed E-state index contributed by atoms with van der Waals surface area (Å²) in [6, 6.07) is 17.6. The number of hydrogen-bond donors (Lipinski definition) is 1. The van der Waals surface area contributed by atoms with Crippen molar-refractivity contribution >= 4 is 5.97 Å². The Bertz CT molecular complexity index is 1180. The number of unbranched alkanes of at least 4 members (excludes halogenated alkanes) is 1. The average molecular weight is 460 g/mol. The molecule has 1 heterocycles. The molecule has 1 unspecified atom stereocenters. The van der Waals surface area contributed by atoms with Crippen molar-refractivity contribution < 1.29 is 14.6 Å². The number of benzene rings is 2. The summed E-state index contributed by atoms with van der Waals surface area (Å²) in [5, 5.41) is 19.9. The molecule has 3 aromatic rings. The zero-order chi connectivity index (χ0) is 24.9. The molecule has 1 aromatic heterocycles. The third kappa shape index (κ3) is 5.92. The van der Waals surface area contributed by atoms with Crippen LogP contribution in [0.1, 0.15) is 86.7 Å². The summed E-state index contributed by atoms with van der Waals surface area (Å²) in [6.45, 7) is 9.79. The zero-order valence-corrected chi connectivity index (χ0v) is 20.6. The number of nitriles is 1. The van der Waals surface area contributed by atoms with Crippen molar-refractivity contribution in [3.63, 3.8) is 0 Å². The highest BCUT2D eigenvalue weighted by atomic mass is 16.6. The molecule has 1 N–H and O–H groups in total. The van der Waals surface area contributed by atoms with Crippen LogP contribution in [0.2, 0.25) is 0 Å². The molecule has 0 aliphatic carbocycles. The normalized spacial score (nSPS) is 12.3. The fourth-order valence-electron chi connectivity index (χ4n) is 3.84. The van der Waals surface area contributed by atoms with E-state index in [0.29, 0.717) is 23.5 Å². The molecular weight excluding hydrogens is 426 g/mol. The van der Waals surface area contributed by atoms with Gasteiger partial charge in [0, 0.05) is 13.0 Å². The molecule has 0 spiro atoms. The standard InChI is InChI=1S/C28H33N3O3/c1-6-7-12-25-30-26(19(2)32)24(17-29)31(25)18-20-13-15-21(16-14-20)22-10-8-9-11-23(22)27(33)34-28(3,4)5/h8-11,13-16,19,32H,6-7,12,18H2,1-5H3. The van der Waals surface area contributed by atoms with Gasteiger partial charge in [0.25, 0.3) is 0 Å². The van der Waals surface area contributed by atoms with Crippen LogP contribution in [0.4, 0.5) is 0 Å². The molecule has 0 bridgehead atoms. The summed E-state index contributed by atoms with van der Waals surface area (Å²) in [6.07, 6.45) is 1.92. The van der Waals surface area contributed by atoms with Crippen molar-refractivity contribution in [1.29, 1.82) is 5.26 Å². The van der Waals surface area contributed by atoms with Crippen LogP contribution in [0.5, 0.6) is 0 Å². The lowest BCUT2D eigenvalue weighted by Crippen LogP contribution is -2.24. The number of aromatic nitrogens is 2. The van der Waals surface area contributed by atoms with Gasteiger partial charge >= 0.3 is 5.97 Å². The molecule has 0 amide bonds. The molecule has 178 valence electrons. The molecule has 2 aromatic carbocycles. The molecule has 34 heavy (non-hydrogen) atoms. The Morgan fingerprint density at radius 3 is 2.44 bits per heavy atom. The van der Waals surface area contributed by atoms with Crippen molar-refractivity contribution in [2.75, 3.05) is 0 Å². The van der Waals surface area contributed by atoms with E-state index in [1.54, 1.807) is 13.0 Å². The van der Waals surface area contributed by atoms with Crippen LogP contribution in [0, 0.1) is 11.3 Å². The highest BCUT2D eigenvalue weighted by molar-refractivity contribution is 5.97. The van der Waals surface area contributed by atoms with Crippen LogP contribution in [0.25, 0.3) is 11.1 Å². The zero-order valence-electron chi connectivity index (χ0n) is 20.6. The number of nitrogens with zero attached hydrogens (tertiary/aromatic N) is 3. The first kappa shape index (κ1) is 25.2. The molecule has 0 aliphatic heterocycles. The molecule has 6 heteroatoms. The fraction of sp³-hybridized carbons (Fsp3) is 0.393. The Kier molecular flexibility index (Phi) is 7.90. The molecule has 6 nitrogen and oxygen atoms in total. The quantitative estimate of drug-likeness (QED) is 0.429. The van der Waals surface area contributed by atoms with Gasteiger partial charge in [0.15, 0.2) is 0 Å². The van der Waals surface area contributed by atoms with E-state index in [1.807, 2.05) is 67.8 Å². The summed E-state index contributed by atoms with van der Waals surface area (Å²) in [5.41, 5.74) is 3.50. The number of hydrogen-bond acceptors (Lipinski definition) is 5. The van der Waals surface area contributed by atoms with Crippen LogP contribution in [0.3, 0.4) is 0 Å². The Morgan fingerprint density at radius 1 is 1.18 bits per heavy atom. The van der Waals surface area contributed by atoms with E-state index in [2.05, 4.69) is 18.0 Å². The van der Waals surface area contributed by atoms with Crippen LogP contribution in [-0.2, 0) is 17.7 Å². The average Bonchev–Trinajstić information content (AvgIpc) is 3.14. The van der Waals surface area contributed by atoms with E-state index < -0.39 is 11.7 Å². The van der Waals surface area contributed by atoms with Gasteiger partial charge in [-0.05, 0) is 56.9 Å². The lowest BCUT2D eigenvalue weighted by Gasteiger charge is -2.20. The van der Waals surface area contributed by atoms with E-state index in [-0.39, 0.29) is 5.97 Å². The fourth-order valence-corrected chi connectivity index (χ4v) is 3.84. The molecule has 0 radical (unpaired) electrons. The molecule has 3 rings (SSSR count). The second-order valence-electron chi connectivity index (χ2n) is 9.48. The number of aliphatic hydroxyl groups excluding tert-OH is 1. The minimum Gasteiger partial charge on any atom is -0.456 e. The maximum atomic E-state index is 12.7. The van der Waals surface area contributed by atoms with Gasteiger partial charge in [0.1, 0.15) is 28.9 Å². The van der Waals surface area contributed by atoms with Gasteiger partial charge in [-0.1, -0.05) is 55.8 Å². The van der Waals surface area contributed by atoms with Gasteiger partial charge < -0.3 is 14.4 Å². The third-order valence-corrected chi connectivity index (χ3v) is 5.48. The van der Waals surface area contributed by atoms with Gasteiger partial charge in [0.2, 0.25) is 0 Å². The van der Waals surface area contributed by atoms with Crippen LogP contribution in [0.15, 0.2) is 48.5 Å². The number of esters is 1. The van der Waals surface area contributed by atoms with Crippen LogP contribution >= 0.6 is 0 Å². The Balaban J connectivity index is 1.92. The van der Waals surface area contributed by atoms with E-state index in [4.69, 9.17) is 4.74 Å². The summed E-state index contributed by atoms with van der Waals surface area (Å²) in [7, 11) is 0. The maximum Gasteiger partial charge on any atom is 0.339 e. The number of ether oxygens (including phenoxy) is 1. The van der Waals surface area contributed by atoms with Crippen LogP contribution < -0.4 is 0 Å². The van der Waals surface area contributed by atoms with Gasteiger partial charge in [0.05, 0.1) is 11.7 Å². The van der Waals surface area contributed by atoms with E-state index in [9.17, 15) is 15.2 Å². The predicted molar refractivity (Wildman–Crippen MR) is 132 cm³/mol. The number of aryl methyl sites for hydroxylation is 1. The molecule has 0 saturated heterocycles. The minimum absolute atomic E-state index is 0.351. The van der Waals surface area contributed by atoms with E-state index >= 15 is 0 Å². The highest BCUT2D eigenvalue weighted by Gasteiger charge is 2.22. The topological polar surface area (TPSA) is 88.1 Å². The van der Waals surface area contributed by atoms with Crippen molar-refractivity contribution in [3.8, 4) is 17.2 Å². The first-order chi connectivity index (χ1) is 16.1. The van der Waals surface area contributed by atoms with Crippen molar-refractivity contribution in [1.82, 2.24) is 9.55 Å². The number of imidazole rings is 1. The number of rotatable bonds is 8. The second kappa shape index (κ2) is 10.7. The Labute approximate surface area is 201 Å². The minimum atomic E-state index is -0.803. The molecule has 0 fully saturated rings. The Hall–Kier alpha value is -3.43. The first-order valence-electron chi connectivity index (χ1n) is 11.7. The third-order valence-electron chi connectivity index (χ3n) is 5.48. The smallest absolute Gasteiger partial charge is 0.339 e. The number of carbonyl (C=O) groups is 1. The largest absolute Gasteiger partial charge is 0.456 e. The van der Waals surface area contributed by atoms with Crippen LogP contribution in [-0.4, -0.2) is 26.2 Å². The molecule has 0 aliphatic rings. The molecular formula is C28H33N3O3. The van der Waals surface area contributed by atoms with Crippen molar-refractivity contribution in [3.05, 3.63) is 76.9 Å². The summed E-state index contributed by atoms with van der Waals surface area (Å²) in [5.74, 6) is 0.462. The van der Waals surface area contributed by atoms with E-state index in [0.717, 1.165) is 41.8 Å².